The van der Waals surface area contributed by atoms with Crippen molar-refractivity contribution < 1.29 is 0 Å². The minimum Gasteiger partial charge on any atom is -0.329 e. The molecule has 1 aromatic carbocycles. The van der Waals surface area contributed by atoms with Gasteiger partial charge in [-0.2, -0.15) is 0 Å². The average Bonchev–Trinajstić information content (AvgIpc) is 2.44. The Hall–Kier alpha value is -0.0900. The number of likely N-dealkylation sites (tertiary alicyclic amines) is 1. The van der Waals surface area contributed by atoms with Crippen LogP contribution >= 0.6 is 27.5 Å². The minimum atomic E-state index is 0.311. The van der Waals surface area contributed by atoms with Crippen LogP contribution in [0.25, 0.3) is 0 Å². The van der Waals surface area contributed by atoms with Crippen LogP contribution in [0.5, 0.6) is 0 Å². The molecule has 0 bridgehead atoms. The predicted molar refractivity (Wildman–Crippen MR) is 85.5 cm³/mol. The topological polar surface area (TPSA) is 29.3 Å². The van der Waals surface area contributed by atoms with Gasteiger partial charge < -0.3 is 5.73 Å². The Balaban J connectivity index is 2.09. The zero-order valence-corrected chi connectivity index (χ0v) is 13.8. The number of rotatable bonds is 4. The number of benzene rings is 1. The quantitative estimate of drug-likeness (QED) is 0.885. The average molecular weight is 346 g/mol. The molecular weight excluding hydrogens is 324 g/mol. The van der Waals surface area contributed by atoms with Crippen molar-refractivity contribution in [3.8, 4) is 0 Å². The molecule has 0 radical (unpaired) electrons. The molecule has 0 aromatic heterocycles. The molecule has 1 unspecified atom stereocenters. The van der Waals surface area contributed by atoms with Crippen molar-refractivity contribution in [2.45, 2.75) is 32.2 Å². The summed E-state index contributed by atoms with van der Waals surface area (Å²) in [6.07, 6.45) is 3.89. The van der Waals surface area contributed by atoms with Crippen LogP contribution in [0.4, 0.5) is 0 Å². The first kappa shape index (κ1) is 15.3. The third-order valence-corrected chi connectivity index (χ3v) is 5.43. The van der Waals surface area contributed by atoms with E-state index >= 15 is 0 Å². The molecule has 1 aliphatic heterocycles. The van der Waals surface area contributed by atoms with Crippen molar-refractivity contribution in [2.75, 3.05) is 19.6 Å². The molecule has 4 heteroatoms. The lowest BCUT2D eigenvalue weighted by Gasteiger charge is -2.37. The largest absolute Gasteiger partial charge is 0.329 e. The smallest absolute Gasteiger partial charge is 0.0548 e. The van der Waals surface area contributed by atoms with Crippen LogP contribution in [0.3, 0.4) is 0 Å². The van der Waals surface area contributed by atoms with E-state index in [0.29, 0.717) is 12.6 Å². The number of nitrogens with zero attached hydrogens (tertiary/aromatic N) is 1. The standard InChI is InChI=1S/C15H22BrClN2/c1-2-11-5-7-19(8-6-11)15(10-18)12-3-4-14(17)13(16)9-12/h3-4,9,11,15H,2,5-8,10,18H2,1H3. The summed E-state index contributed by atoms with van der Waals surface area (Å²) >= 11 is 9.56. The Bertz CT molecular complexity index is 417. The van der Waals surface area contributed by atoms with Crippen LogP contribution in [0, 0.1) is 5.92 Å². The van der Waals surface area contributed by atoms with Crippen molar-refractivity contribution >= 4 is 27.5 Å². The molecule has 1 aromatic rings. The van der Waals surface area contributed by atoms with Gasteiger partial charge in [0.25, 0.3) is 0 Å². The molecule has 0 spiro atoms. The Morgan fingerprint density at radius 3 is 2.63 bits per heavy atom. The summed E-state index contributed by atoms with van der Waals surface area (Å²) in [5.41, 5.74) is 7.26. The third-order valence-electron chi connectivity index (χ3n) is 4.22. The van der Waals surface area contributed by atoms with Gasteiger partial charge in [0.15, 0.2) is 0 Å². The molecule has 1 fully saturated rings. The molecule has 0 amide bonds. The predicted octanol–water partition coefficient (Wildman–Crippen LogP) is 4.22. The second kappa shape index (κ2) is 7.07. The van der Waals surface area contributed by atoms with Gasteiger partial charge in [0.05, 0.1) is 5.02 Å². The van der Waals surface area contributed by atoms with E-state index in [-0.39, 0.29) is 0 Å². The van der Waals surface area contributed by atoms with E-state index in [2.05, 4.69) is 39.9 Å². The first-order valence-electron chi connectivity index (χ1n) is 7.04. The maximum absolute atomic E-state index is 6.06. The third kappa shape index (κ3) is 3.72. The normalized spacial score (nSPS) is 19.6. The SMILES string of the molecule is CCC1CCN(C(CN)c2ccc(Cl)c(Br)c2)CC1. The Morgan fingerprint density at radius 2 is 2.11 bits per heavy atom. The summed E-state index contributed by atoms with van der Waals surface area (Å²) in [6, 6.07) is 6.46. The Kier molecular flexibility index (Phi) is 5.70. The van der Waals surface area contributed by atoms with Crippen LogP contribution in [-0.2, 0) is 0 Å². The monoisotopic (exact) mass is 344 g/mol. The lowest BCUT2D eigenvalue weighted by Crippen LogP contribution is -2.39. The molecule has 2 rings (SSSR count). The zero-order valence-electron chi connectivity index (χ0n) is 11.4. The van der Waals surface area contributed by atoms with Gasteiger partial charge in [0, 0.05) is 17.1 Å². The molecule has 0 aliphatic carbocycles. The van der Waals surface area contributed by atoms with Crippen LogP contribution < -0.4 is 5.73 Å². The lowest BCUT2D eigenvalue weighted by atomic mass is 9.92. The zero-order chi connectivity index (χ0) is 13.8. The van der Waals surface area contributed by atoms with Crippen molar-refractivity contribution in [3.63, 3.8) is 0 Å². The molecular formula is C15H22BrClN2. The fraction of sp³-hybridized carbons (Fsp3) is 0.600. The Labute approximate surface area is 129 Å². The van der Waals surface area contributed by atoms with Gasteiger partial charge in [-0.15, -0.1) is 0 Å². The summed E-state index contributed by atoms with van der Waals surface area (Å²) in [5, 5.41) is 0.754. The first-order valence-corrected chi connectivity index (χ1v) is 8.21. The van der Waals surface area contributed by atoms with E-state index in [1.165, 1.54) is 24.8 Å². The number of nitrogens with two attached hydrogens (primary N) is 1. The van der Waals surface area contributed by atoms with Crippen LogP contribution in [0.1, 0.15) is 37.8 Å². The van der Waals surface area contributed by atoms with E-state index in [4.69, 9.17) is 17.3 Å². The fourth-order valence-electron chi connectivity index (χ4n) is 2.89. The van der Waals surface area contributed by atoms with Gasteiger partial charge in [-0.25, -0.2) is 0 Å². The van der Waals surface area contributed by atoms with E-state index in [1.54, 1.807) is 0 Å². The highest BCUT2D eigenvalue weighted by molar-refractivity contribution is 9.10. The van der Waals surface area contributed by atoms with E-state index in [1.807, 2.05) is 6.07 Å². The lowest BCUT2D eigenvalue weighted by molar-refractivity contribution is 0.134. The molecule has 19 heavy (non-hydrogen) atoms. The highest BCUT2D eigenvalue weighted by Crippen LogP contribution is 2.31. The van der Waals surface area contributed by atoms with Gasteiger partial charge in [-0.3, -0.25) is 4.90 Å². The molecule has 1 heterocycles. The molecule has 106 valence electrons. The molecule has 0 saturated carbocycles. The molecule has 1 aliphatic rings. The fourth-order valence-corrected chi connectivity index (χ4v) is 3.40. The number of hydrogen-bond donors (Lipinski definition) is 1. The minimum absolute atomic E-state index is 0.311. The summed E-state index contributed by atoms with van der Waals surface area (Å²) in [7, 11) is 0. The van der Waals surface area contributed by atoms with E-state index < -0.39 is 0 Å². The van der Waals surface area contributed by atoms with Crippen LogP contribution in [0.15, 0.2) is 22.7 Å². The van der Waals surface area contributed by atoms with E-state index in [9.17, 15) is 0 Å². The summed E-state index contributed by atoms with van der Waals surface area (Å²) < 4.78 is 0.952. The summed E-state index contributed by atoms with van der Waals surface area (Å²) in [5.74, 6) is 0.895. The van der Waals surface area contributed by atoms with Crippen molar-refractivity contribution in [2.24, 2.45) is 11.7 Å². The van der Waals surface area contributed by atoms with Gasteiger partial charge >= 0.3 is 0 Å². The van der Waals surface area contributed by atoms with Gasteiger partial charge in [0.2, 0.25) is 0 Å². The molecule has 1 saturated heterocycles. The van der Waals surface area contributed by atoms with Crippen LogP contribution in [-0.4, -0.2) is 24.5 Å². The van der Waals surface area contributed by atoms with Crippen molar-refractivity contribution in [1.29, 1.82) is 0 Å². The molecule has 2 nitrogen and oxygen atoms in total. The Morgan fingerprint density at radius 1 is 1.42 bits per heavy atom. The highest BCUT2D eigenvalue weighted by Gasteiger charge is 2.24. The van der Waals surface area contributed by atoms with E-state index in [0.717, 1.165) is 28.5 Å². The van der Waals surface area contributed by atoms with Gasteiger partial charge in [-0.1, -0.05) is 31.0 Å². The summed E-state index contributed by atoms with van der Waals surface area (Å²) in [6.45, 7) is 5.25. The van der Waals surface area contributed by atoms with Gasteiger partial charge in [-0.05, 0) is 65.5 Å². The molecule has 2 N–H and O–H groups in total. The van der Waals surface area contributed by atoms with Crippen LogP contribution in [0.2, 0.25) is 5.02 Å². The highest BCUT2D eigenvalue weighted by atomic mass is 79.9. The maximum Gasteiger partial charge on any atom is 0.0548 e. The van der Waals surface area contributed by atoms with Crippen molar-refractivity contribution in [1.82, 2.24) is 4.90 Å². The second-order valence-corrected chi connectivity index (χ2v) is 6.57. The number of halogens is 2. The molecule has 1 atom stereocenters. The number of hydrogen-bond acceptors (Lipinski definition) is 2. The second-order valence-electron chi connectivity index (χ2n) is 5.31. The number of piperidine rings is 1. The van der Waals surface area contributed by atoms with Crippen molar-refractivity contribution in [3.05, 3.63) is 33.3 Å². The van der Waals surface area contributed by atoms with Gasteiger partial charge in [0.1, 0.15) is 0 Å². The maximum atomic E-state index is 6.06. The first-order chi connectivity index (χ1) is 9.15. The summed E-state index contributed by atoms with van der Waals surface area (Å²) in [4.78, 5) is 2.52.